The van der Waals surface area contributed by atoms with Crippen LogP contribution in [0.25, 0.3) is 5.65 Å². The van der Waals surface area contributed by atoms with E-state index in [1.807, 2.05) is 0 Å². The number of carbonyl (C=O) groups is 1. The summed E-state index contributed by atoms with van der Waals surface area (Å²) in [6, 6.07) is 2.02. The average molecular weight is 259 g/mol. The van der Waals surface area contributed by atoms with Crippen LogP contribution < -0.4 is 0 Å². The van der Waals surface area contributed by atoms with Gasteiger partial charge in [-0.05, 0) is 13.0 Å². The first kappa shape index (κ1) is 12.3. The van der Waals surface area contributed by atoms with Crippen LogP contribution in [0.4, 0.5) is 13.2 Å². The molecule has 0 aliphatic carbocycles. The summed E-state index contributed by atoms with van der Waals surface area (Å²) in [5.74, 6) is -2.15. The Hall–Kier alpha value is -2.12. The van der Waals surface area contributed by atoms with Gasteiger partial charge >= 0.3 is 12.1 Å². The third-order valence-electron chi connectivity index (χ3n) is 2.48. The second-order valence-corrected chi connectivity index (χ2v) is 3.73. The number of rotatable bonds is 2. The van der Waals surface area contributed by atoms with E-state index in [0.717, 1.165) is 12.3 Å². The lowest BCUT2D eigenvalue weighted by atomic mass is 10.1. The predicted molar refractivity (Wildman–Crippen MR) is 54.0 cm³/mol. The van der Waals surface area contributed by atoms with Gasteiger partial charge in [0.25, 0.3) is 0 Å². The third kappa shape index (κ3) is 2.01. The van der Waals surface area contributed by atoms with E-state index < -0.39 is 23.8 Å². The first-order chi connectivity index (χ1) is 8.30. The zero-order valence-electron chi connectivity index (χ0n) is 9.14. The van der Waals surface area contributed by atoms with Gasteiger partial charge in [0, 0.05) is 12.3 Å². The Balaban J connectivity index is 2.62. The highest BCUT2D eigenvalue weighted by Gasteiger charge is 2.34. The van der Waals surface area contributed by atoms with Crippen LogP contribution in [0.1, 0.15) is 24.2 Å². The van der Waals surface area contributed by atoms with E-state index in [0.29, 0.717) is 4.52 Å². The molecule has 0 aliphatic heterocycles. The van der Waals surface area contributed by atoms with E-state index >= 15 is 0 Å². The Morgan fingerprint density at radius 1 is 1.50 bits per heavy atom. The molecule has 8 heteroatoms. The molecule has 0 aromatic carbocycles. The first-order valence-electron chi connectivity index (χ1n) is 4.95. The fourth-order valence-corrected chi connectivity index (χ4v) is 1.47. The molecule has 0 spiro atoms. The van der Waals surface area contributed by atoms with Crippen LogP contribution >= 0.6 is 0 Å². The van der Waals surface area contributed by atoms with Crippen LogP contribution in [0.2, 0.25) is 0 Å². The van der Waals surface area contributed by atoms with Crippen LogP contribution in [0, 0.1) is 0 Å². The number of fused-ring (bicyclic) bond motifs is 1. The first-order valence-corrected chi connectivity index (χ1v) is 4.95. The largest absolute Gasteiger partial charge is 0.481 e. The maximum atomic E-state index is 12.7. The summed E-state index contributed by atoms with van der Waals surface area (Å²) >= 11 is 0. The number of aromatic nitrogens is 3. The molecule has 0 radical (unpaired) electrons. The molecule has 1 atom stereocenters. The van der Waals surface area contributed by atoms with E-state index in [4.69, 9.17) is 5.11 Å². The smallest absolute Gasteiger partial charge is 0.433 e. The van der Waals surface area contributed by atoms with Crippen molar-refractivity contribution in [3.8, 4) is 0 Å². The quantitative estimate of drug-likeness (QED) is 0.894. The second-order valence-electron chi connectivity index (χ2n) is 3.73. The summed E-state index contributed by atoms with van der Waals surface area (Å²) in [7, 11) is 0. The summed E-state index contributed by atoms with van der Waals surface area (Å²) < 4.78 is 38.7. The van der Waals surface area contributed by atoms with Gasteiger partial charge in [0.05, 0.1) is 11.6 Å². The van der Waals surface area contributed by atoms with Gasteiger partial charge in [-0.1, -0.05) is 0 Å². The minimum atomic E-state index is -4.57. The van der Waals surface area contributed by atoms with Gasteiger partial charge in [-0.15, -0.1) is 0 Å². The molecule has 0 fully saturated rings. The number of halogens is 3. The van der Waals surface area contributed by atoms with Crippen molar-refractivity contribution >= 4 is 11.6 Å². The molecule has 2 rings (SSSR count). The SMILES string of the molecule is CC(C(=O)O)c1cc2nccc(C(F)(F)F)n2n1. The fourth-order valence-electron chi connectivity index (χ4n) is 1.47. The maximum absolute atomic E-state index is 12.7. The lowest BCUT2D eigenvalue weighted by Gasteiger charge is -2.07. The molecule has 0 amide bonds. The van der Waals surface area contributed by atoms with Gasteiger partial charge in [0.1, 0.15) is 5.69 Å². The average Bonchev–Trinajstić information content (AvgIpc) is 2.69. The molecule has 0 bridgehead atoms. The lowest BCUT2D eigenvalue weighted by Crippen LogP contribution is -2.13. The Kier molecular flexibility index (Phi) is 2.72. The Bertz CT molecular complexity index is 606. The zero-order valence-corrected chi connectivity index (χ0v) is 9.14. The summed E-state index contributed by atoms with van der Waals surface area (Å²) in [6.07, 6.45) is -3.56. The molecule has 0 aliphatic rings. The highest BCUT2D eigenvalue weighted by Crippen LogP contribution is 2.29. The Labute approximate surface area is 98.9 Å². The number of carboxylic acids is 1. The van der Waals surface area contributed by atoms with Crippen LogP contribution in [0.5, 0.6) is 0 Å². The molecular weight excluding hydrogens is 251 g/mol. The molecule has 0 saturated heterocycles. The number of aliphatic carboxylic acids is 1. The highest BCUT2D eigenvalue weighted by molar-refractivity contribution is 5.75. The molecule has 2 aromatic rings. The Morgan fingerprint density at radius 3 is 2.72 bits per heavy atom. The number of carboxylic acid groups (broad SMARTS) is 1. The summed E-state index contributed by atoms with van der Waals surface area (Å²) in [6.45, 7) is 1.34. The van der Waals surface area contributed by atoms with Crippen molar-refractivity contribution in [2.75, 3.05) is 0 Å². The second kappa shape index (κ2) is 3.97. The number of alkyl halides is 3. The molecule has 5 nitrogen and oxygen atoms in total. The van der Waals surface area contributed by atoms with E-state index in [1.165, 1.54) is 13.0 Å². The maximum Gasteiger partial charge on any atom is 0.433 e. The highest BCUT2D eigenvalue weighted by atomic mass is 19.4. The molecule has 1 N–H and O–H groups in total. The van der Waals surface area contributed by atoms with Crippen LogP contribution in [0.3, 0.4) is 0 Å². The summed E-state index contributed by atoms with van der Waals surface area (Å²) in [5.41, 5.74) is -0.990. The predicted octanol–water partition coefficient (Wildman–Crippen LogP) is 1.94. The molecular formula is C10H8F3N3O2. The summed E-state index contributed by atoms with van der Waals surface area (Å²) in [5, 5.41) is 12.5. The number of nitrogens with zero attached hydrogens (tertiary/aromatic N) is 3. The van der Waals surface area contributed by atoms with Gasteiger partial charge in [0.15, 0.2) is 5.65 Å². The summed E-state index contributed by atoms with van der Waals surface area (Å²) in [4.78, 5) is 14.5. The van der Waals surface area contributed by atoms with Crippen molar-refractivity contribution in [1.29, 1.82) is 0 Å². The monoisotopic (exact) mass is 259 g/mol. The van der Waals surface area contributed by atoms with Gasteiger partial charge in [-0.3, -0.25) is 4.79 Å². The van der Waals surface area contributed by atoms with E-state index in [-0.39, 0.29) is 11.3 Å². The molecule has 18 heavy (non-hydrogen) atoms. The Morgan fingerprint density at radius 2 is 2.17 bits per heavy atom. The minimum Gasteiger partial charge on any atom is -0.481 e. The standard InChI is InChI=1S/C10H8F3N3O2/c1-5(9(17)18)6-4-8-14-3-2-7(10(11,12)13)16(8)15-6/h2-5H,1H3,(H,17,18). The van der Waals surface area contributed by atoms with Gasteiger partial charge in [-0.25, -0.2) is 9.50 Å². The van der Waals surface area contributed by atoms with E-state index in [2.05, 4.69) is 10.1 Å². The third-order valence-corrected chi connectivity index (χ3v) is 2.48. The lowest BCUT2D eigenvalue weighted by molar-refractivity contribution is -0.142. The zero-order chi connectivity index (χ0) is 13.5. The van der Waals surface area contributed by atoms with Crippen LogP contribution in [-0.4, -0.2) is 25.7 Å². The number of hydrogen-bond acceptors (Lipinski definition) is 3. The topological polar surface area (TPSA) is 67.5 Å². The van der Waals surface area contributed by atoms with Crippen molar-refractivity contribution in [2.24, 2.45) is 0 Å². The van der Waals surface area contributed by atoms with Gasteiger partial charge < -0.3 is 5.11 Å². The fraction of sp³-hybridized carbons (Fsp3) is 0.300. The normalized spacial score (nSPS) is 13.8. The van der Waals surface area contributed by atoms with Crippen LogP contribution in [0.15, 0.2) is 18.3 Å². The molecule has 96 valence electrons. The van der Waals surface area contributed by atoms with E-state index in [9.17, 15) is 18.0 Å². The van der Waals surface area contributed by atoms with Crippen molar-refractivity contribution in [2.45, 2.75) is 19.0 Å². The molecule has 1 unspecified atom stereocenters. The molecule has 2 heterocycles. The van der Waals surface area contributed by atoms with E-state index in [1.54, 1.807) is 0 Å². The molecule has 2 aromatic heterocycles. The number of hydrogen-bond donors (Lipinski definition) is 1. The van der Waals surface area contributed by atoms with Gasteiger partial charge in [0.2, 0.25) is 0 Å². The van der Waals surface area contributed by atoms with Gasteiger partial charge in [-0.2, -0.15) is 18.3 Å². The van der Waals surface area contributed by atoms with Crippen molar-refractivity contribution in [3.63, 3.8) is 0 Å². The molecule has 0 saturated carbocycles. The van der Waals surface area contributed by atoms with Crippen molar-refractivity contribution in [3.05, 3.63) is 29.7 Å². The van der Waals surface area contributed by atoms with Crippen molar-refractivity contribution < 1.29 is 23.1 Å². The van der Waals surface area contributed by atoms with Crippen molar-refractivity contribution in [1.82, 2.24) is 14.6 Å². The van der Waals surface area contributed by atoms with Crippen LogP contribution in [-0.2, 0) is 11.0 Å². The minimum absolute atomic E-state index is 0.0340.